The summed E-state index contributed by atoms with van der Waals surface area (Å²) in [5.74, 6) is -0.696. The predicted molar refractivity (Wildman–Crippen MR) is 116 cm³/mol. The fraction of sp³-hybridized carbons (Fsp3) is 0.318. The first-order valence-electron chi connectivity index (χ1n) is 9.94. The molecule has 0 spiro atoms. The minimum absolute atomic E-state index is 0.0841. The normalized spacial score (nSPS) is 15.2. The van der Waals surface area contributed by atoms with E-state index in [0.717, 1.165) is 17.4 Å². The molecule has 3 rings (SSSR count). The van der Waals surface area contributed by atoms with Crippen LogP contribution in [0.25, 0.3) is 11.1 Å². The van der Waals surface area contributed by atoms with Gasteiger partial charge in [-0.15, -0.1) is 0 Å². The highest BCUT2D eigenvalue weighted by Gasteiger charge is 2.27. The monoisotopic (exact) mass is 443 g/mol. The number of amides is 2. The maximum Gasteiger partial charge on any atom is 0.251 e. The number of aldehydes is 1. The van der Waals surface area contributed by atoms with Crippen LogP contribution in [0.3, 0.4) is 0 Å². The Kier molecular flexibility index (Phi) is 7.19. The Morgan fingerprint density at radius 1 is 1.03 bits per heavy atom. The highest BCUT2D eigenvalue weighted by Crippen LogP contribution is 2.22. The molecule has 0 bridgehead atoms. The average Bonchev–Trinajstić information content (AvgIpc) is 2.78. The number of carbonyl (C=O) groups excluding carboxylic acids is 3. The molecular formula is C22H25N3O5S. The van der Waals surface area contributed by atoms with Crippen LogP contribution in [-0.4, -0.2) is 69.9 Å². The quantitative estimate of drug-likeness (QED) is 0.615. The highest BCUT2D eigenvalue weighted by atomic mass is 32.2. The summed E-state index contributed by atoms with van der Waals surface area (Å²) in [6.07, 6.45) is 1.70. The average molecular weight is 444 g/mol. The molecule has 0 radical (unpaired) electrons. The van der Waals surface area contributed by atoms with Crippen LogP contribution in [0, 0.1) is 0 Å². The van der Waals surface area contributed by atoms with Gasteiger partial charge in [0.15, 0.2) is 9.84 Å². The molecule has 0 unspecified atom stereocenters. The summed E-state index contributed by atoms with van der Waals surface area (Å²) in [4.78, 5) is 38.2. The molecule has 2 aromatic rings. The van der Waals surface area contributed by atoms with Gasteiger partial charge in [0.1, 0.15) is 12.3 Å². The molecule has 1 aliphatic heterocycles. The fourth-order valence-corrected chi connectivity index (χ4v) is 4.00. The van der Waals surface area contributed by atoms with Crippen molar-refractivity contribution in [1.82, 2.24) is 15.5 Å². The number of carbonyl (C=O) groups is 3. The lowest BCUT2D eigenvalue weighted by atomic mass is 10.0. The zero-order chi connectivity index (χ0) is 22.4. The van der Waals surface area contributed by atoms with Gasteiger partial charge in [0.2, 0.25) is 5.91 Å². The van der Waals surface area contributed by atoms with Crippen LogP contribution < -0.4 is 10.6 Å². The van der Waals surface area contributed by atoms with Crippen LogP contribution in [-0.2, 0) is 19.4 Å². The molecule has 1 atom stereocenters. The minimum atomic E-state index is -3.26. The van der Waals surface area contributed by atoms with Crippen molar-refractivity contribution in [1.29, 1.82) is 0 Å². The van der Waals surface area contributed by atoms with Crippen molar-refractivity contribution in [3.8, 4) is 11.1 Å². The topological polar surface area (TPSA) is 113 Å². The summed E-state index contributed by atoms with van der Waals surface area (Å²) in [6, 6.07) is 12.3. The fourth-order valence-electron chi connectivity index (χ4n) is 3.37. The lowest BCUT2D eigenvalue weighted by molar-refractivity contribution is -0.134. The first kappa shape index (κ1) is 22.6. The van der Waals surface area contributed by atoms with Crippen LogP contribution in [0.5, 0.6) is 0 Å². The van der Waals surface area contributed by atoms with Gasteiger partial charge in [-0.1, -0.05) is 24.3 Å². The summed E-state index contributed by atoms with van der Waals surface area (Å²) in [6.45, 7) is 2.44. The van der Waals surface area contributed by atoms with E-state index in [-0.39, 0.29) is 17.2 Å². The van der Waals surface area contributed by atoms with Crippen molar-refractivity contribution in [3.63, 3.8) is 0 Å². The largest absolute Gasteiger partial charge is 0.340 e. The summed E-state index contributed by atoms with van der Waals surface area (Å²) >= 11 is 0. The molecule has 2 aromatic carbocycles. The van der Waals surface area contributed by atoms with Gasteiger partial charge < -0.3 is 20.3 Å². The molecule has 0 aromatic heterocycles. The number of hydrogen-bond donors (Lipinski definition) is 2. The third-order valence-corrected chi connectivity index (χ3v) is 6.26. The van der Waals surface area contributed by atoms with Crippen LogP contribution in [0.4, 0.5) is 0 Å². The molecule has 1 saturated heterocycles. The molecule has 2 amide bonds. The van der Waals surface area contributed by atoms with E-state index in [1.54, 1.807) is 41.3 Å². The van der Waals surface area contributed by atoms with Gasteiger partial charge in [0.05, 0.1) is 4.90 Å². The molecule has 1 fully saturated rings. The van der Waals surface area contributed by atoms with Crippen LogP contribution in [0.15, 0.2) is 53.4 Å². The lowest BCUT2D eigenvalue weighted by Gasteiger charge is -2.30. The maximum atomic E-state index is 12.7. The van der Waals surface area contributed by atoms with Gasteiger partial charge >= 0.3 is 0 Å². The molecule has 0 saturated carbocycles. The number of hydrogen-bond acceptors (Lipinski definition) is 6. The van der Waals surface area contributed by atoms with Gasteiger partial charge in [-0.3, -0.25) is 9.59 Å². The van der Waals surface area contributed by atoms with Crippen LogP contribution in [0.1, 0.15) is 16.8 Å². The zero-order valence-corrected chi connectivity index (χ0v) is 18.0. The van der Waals surface area contributed by atoms with Gasteiger partial charge in [-0.25, -0.2) is 8.42 Å². The molecule has 2 N–H and O–H groups in total. The van der Waals surface area contributed by atoms with Gasteiger partial charge in [-0.2, -0.15) is 0 Å². The smallest absolute Gasteiger partial charge is 0.251 e. The Labute approximate surface area is 181 Å². The molecule has 1 heterocycles. The minimum Gasteiger partial charge on any atom is -0.340 e. The zero-order valence-electron chi connectivity index (χ0n) is 17.2. The van der Waals surface area contributed by atoms with Crippen molar-refractivity contribution in [3.05, 3.63) is 54.1 Å². The Bertz CT molecular complexity index is 1040. The number of sulfone groups is 1. The predicted octanol–water partition coefficient (Wildman–Crippen LogP) is 0.876. The summed E-state index contributed by atoms with van der Waals surface area (Å²) < 4.78 is 23.2. The maximum absolute atomic E-state index is 12.7. The van der Waals surface area contributed by atoms with Crippen LogP contribution >= 0.6 is 0 Å². The number of rotatable bonds is 7. The first-order chi connectivity index (χ1) is 14.8. The Balaban J connectivity index is 1.69. The number of nitrogens with zero attached hydrogens (tertiary/aromatic N) is 1. The van der Waals surface area contributed by atoms with Crippen molar-refractivity contribution < 1.29 is 22.8 Å². The lowest BCUT2D eigenvalue weighted by Crippen LogP contribution is -2.54. The van der Waals surface area contributed by atoms with Crippen LogP contribution in [0.2, 0.25) is 0 Å². The van der Waals surface area contributed by atoms with Gasteiger partial charge in [0, 0.05) is 44.4 Å². The van der Waals surface area contributed by atoms with Gasteiger partial charge in [0.25, 0.3) is 5.91 Å². The second-order valence-electron chi connectivity index (χ2n) is 7.38. The number of piperazine rings is 1. The number of benzene rings is 2. The Morgan fingerprint density at radius 3 is 2.10 bits per heavy atom. The summed E-state index contributed by atoms with van der Waals surface area (Å²) in [7, 11) is -3.26. The first-order valence-corrected chi connectivity index (χ1v) is 11.8. The van der Waals surface area contributed by atoms with Crippen molar-refractivity contribution in [2.75, 3.05) is 32.4 Å². The highest BCUT2D eigenvalue weighted by molar-refractivity contribution is 7.90. The standard InChI is InChI=1S/C22H25N3O5S/c1-31(29,30)19-8-6-17(7-9-19)16-2-4-18(5-3-16)21(27)24-20(10-15-26)22(28)25-13-11-23-12-14-25/h2-9,15,20,23H,10-14H2,1H3,(H,24,27)/t20-/m0/s1. The van der Waals surface area contributed by atoms with E-state index in [1.165, 1.54) is 12.1 Å². The molecule has 0 aliphatic carbocycles. The SMILES string of the molecule is CS(=O)(=O)c1ccc(-c2ccc(C(=O)N[C@@H](CC=O)C(=O)N3CCNCC3)cc2)cc1. The summed E-state index contributed by atoms with van der Waals surface area (Å²) in [5, 5.41) is 5.82. The summed E-state index contributed by atoms with van der Waals surface area (Å²) in [5.41, 5.74) is 1.99. The molecule has 31 heavy (non-hydrogen) atoms. The van der Waals surface area contributed by atoms with Gasteiger partial charge in [-0.05, 0) is 35.4 Å². The second kappa shape index (κ2) is 9.84. The van der Waals surface area contributed by atoms with E-state index in [1.807, 2.05) is 0 Å². The third kappa shape index (κ3) is 5.77. The Hall–Kier alpha value is -3.04. The van der Waals surface area contributed by atoms with E-state index < -0.39 is 21.8 Å². The molecule has 8 nitrogen and oxygen atoms in total. The second-order valence-corrected chi connectivity index (χ2v) is 9.39. The number of nitrogens with one attached hydrogen (secondary N) is 2. The van der Waals surface area contributed by atoms with Crippen molar-refractivity contribution in [2.24, 2.45) is 0 Å². The molecule has 1 aliphatic rings. The van der Waals surface area contributed by atoms with E-state index in [9.17, 15) is 22.8 Å². The van der Waals surface area contributed by atoms with E-state index in [0.29, 0.717) is 38.0 Å². The molecule has 9 heteroatoms. The Morgan fingerprint density at radius 2 is 1.58 bits per heavy atom. The van der Waals surface area contributed by atoms with E-state index in [4.69, 9.17) is 0 Å². The third-order valence-electron chi connectivity index (χ3n) is 5.13. The van der Waals surface area contributed by atoms with E-state index in [2.05, 4.69) is 10.6 Å². The van der Waals surface area contributed by atoms with E-state index >= 15 is 0 Å². The van der Waals surface area contributed by atoms with Crippen molar-refractivity contribution in [2.45, 2.75) is 17.4 Å². The van der Waals surface area contributed by atoms with Crippen molar-refractivity contribution >= 4 is 27.9 Å². The molecule has 164 valence electrons. The molecular weight excluding hydrogens is 418 g/mol.